The summed E-state index contributed by atoms with van der Waals surface area (Å²) in [5.41, 5.74) is 6.31. The van der Waals surface area contributed by atoms with Gasteiger partial charge in [-0.25, -0.2) is 9.38 Å². The van der Waals surface area contributed by atoms with Crippen LogP contribution in [0.5, 0.6) is 0 Å². The molecule has 0 spiro atoms. The second-order valence-corrected chi connectivity index (χ2v) is 3.95. The van der Waals surface area contributed by atoms with Crippen molar-refractivity contribution in [1.82, 2.24) is 0 Å². The fourth-order valence-electron chi connectivity index (χ4n) is 1.87. The van der Waals surface area contributed by atoms with Gasteiger partial charge in [-0.3, -0.25) is 0 Å². The van der Waals surface area contributed by atoms with E-state index in [0.717, 1.165) is 12.2 Å². The minimum Gasteiger partial charge on any atom is -0.463 e. The summed E-state index contributed by atoms with van der Waals surface area (Å²) in [6, 6.07) is 6.81. The maximum Gasteiger partial charge on any atom is 0.282 e. The minimum absolute atomic E-state index is 0.0261. The van der Waals surface area contributed by atoms with Crippen LogP contribution in [0.15, 0.2) is 29.3 Å². The van der Waals surface area contributed by atoms with Crippen molar-refractivity contribution in [2.45, 2.75) is 13.0 Å². The highest BCUT2D eigenvalue weighted by molar-refractivity contribution is 5.73. The standard InChI is InChI=1S/C12H16FN3O/c1-2-16(7-10-8-17-12(14)15-10)11-5-3-4-9(13)6-11/h3-6,10H,2,7-8H2,1H3,(H2,14,15). The van der Waals surface area contributed by atoms with Crippen LogP contribution in [0.1, 0.15) is 6.92 Å². The topological polar surface area (TPSA) is 50.9 Å². The average molecular weight is 237 g/mol. The molecule has 17 heavy (non-hydrogen) atoms. The van der Waals surface area contributed by atoms with Crippen molar-refractivity contribution >= 4 is 11.7 Å². The first-order chi connectivity index (χ1) is 8.19. The lowest BCUT2D eigenvalue weighted by Gasteiger charge is -2.24. The van der Waals surface area contributed by atoms with Gasteiger partial charge in [0.2, 0.25) is 0 Å². The molecule has 1 aromatic rings. The lowest BCUT2D eigenvalue weighted by Crippen LogP contribution is -2.32. The first kappa shape index (κ1) is 11.7. The minimum atomic E-state index is -0.230. The molecule has 2 N–H and O–H groups in total. The number of amidine groups is 1. The van der Waals surface area contributed by atoms with Crippen LogP contribution < -0.4 is 10.6 Å². The van der Waals surface area contributed by atoms with Crippen LogP contribution in [0, 0.1) is 5.82 Å². The second kappa shape index (κ2) is 5.03. The fraction of sp³-hybridized carbons (Fsp3) is 0.417. The number of hydrogen-bond donors (Lipinski definition) is 1. The largest absolute Gasteiger partial charge is 0.463 e. The summed E-state index contributed by atoms with van der Waals surface area (Å²) in [4.78, 5) is 6.22. The Balaban J connectivity index is 2.06. The third kappa shape index (κ3) is 2.87. The highest BCUT2D eigenvalue weighted by Crippen LogP contribution is 2.17. The van der Waals surface area contributed by atoms with Crippen LogP contribution in [0.25, 0.3) is 0 Å². The van der Waals surface area contributed by atoms with E-state index in [1.54, 1.807) is 6.07 Å². The summed E-state index contributed by atoms with van der Waals surface area (Å²) in [7, 11) is 0. The number of likely N-dealkylation sites (N-methyl/N-ethyl adjacent to an activating group) is 1. The van der Waals surface area contributed by atoms with E-state index in [1.807, 2.05) is 13.0 Å². The van der Waals surface area contributed by atoms with Gasteiger partial charge >= 0.3 is 0 Å². The van der Waals surface area contributed by atoms with Gasteiger partial charge < -0.3 is 15.4 Å². The molecule has 0 amide bonds. The lowest BCUT2D eigenvalue weighted by atomic mass is 10.2. The fourth-order valence-corrected chi connectivity index (χ4v) is 1.87. The van der Waals surface area contributed by atoms with E-state index >= 15 is 0 Å². The van der Waals surface area contributed by atoms with Gasteiger partial charge in [0.1, 0.15) is 18.5 Å². The van der Waals surface area contributed by atoms with Crippen LogP contribution in [0.2, 0.25) is 0 Å². The molecule has 0 aliphatic carbocycles. The van der Waals surface area contributed by atoms with E-state index in [4.69, 9.17) is 10.5 Å². The Labute approximate surface area is 99.9 Å². The van der Waals surface area contributed by atoms with Gasteiger partial charge in [0.05, 0.1) is 0 Å². The second-order valence-electron chi connectivity index (χ2n) is 3.95. The molecule has 4 nitrogen and oxygen atoms in total. The van der Waals surface area contributed by atoms with Crippen molar-refractivity contribution in [3.05, 3.63) is 30.1 Å². The molecule has 92 valence electrons. The molecule has 1 aliphatic rings. The number of hydrogen-bond acceptors (Lipinski definition) is 4. The zero-order valence-electron chi connectivity index (χ0n) is 9.77. The van der Waals surface area contributed by atoms with Gasteiger partial charge in [-0.1, -0.05) is 6.07 Å². The Bertz CT molecular complexity index is 422. The Morgan fingerprint density at radius 1 is 1.59 bits per heavy atom. The highest BCUT2D eigenvalue weighted by Gasteiger charge is 2.19. The number of anilines is 1. The molecule has 2 rings (SSSR count). The van der Waals surface area contributed by atoms with E-state index in [9.17, 15) is 4.39 Å². The van der Waals surface area contributed by atoms with Crippen molar-refractivity contribution in [3.63, 3.8) is 0 Å². The van der Waals surface area contributed by atoms with Crippen molar-refractivity contribution in [1.29, 1.82) is 0 Å². The summed E-state index contributed by atoms with van der Waals surface area (Å²) in [5.74, 6) is -0.230. The molecule has 1 heterocycles. The number of nitrogens with zero attached hydrogens (tertiary/aromatic N) is 2. The number of benzene rings is 1. The van der Waals surface area contributed by atoms with Crippen LogP contribution in [0.3, 0.4) is 0 Å². The third-order valence-corrected chi connectivity index (χ3v) is 2.72. The first-order valence-electron chi connectivity index (χ1n) is 5.65. The average Bonchev–Trinajstić information content (AvgIpc) is 2.72. The Morgan fingerprint density at radius 3 is 3.00 bits per heavy atom. The summed E-state index contributed by atoms with van der Waals surface area (Å²) in [6.07, 6.45) is 0. The quantitative estimate of drug-likeness (QED) is 0.860. The summed E-state index contributed by atoms with van der Waals surface area (Å²) in [6.45, 7) is 3.99. The summed E-state index contributed by atoms with van der Waals surface area (Å²) >= 11 is 0. The zero-order chi connectivity index (χ0) is 12.3. The molecule has 1 atom stereocenters. The molecule has 0 aromatic heterocycles. The predicted octanol–water partition coefficient (Wildman–Crippen LogP) is 1.37. The van der Waals surface area contributed by atoms with E-state index in [0.29, 0.717) is 13.2 Å². The molecule has 0 saturated heterocycles. The molecule has 5 heteroatoms. The summed E-state index contributed by atoms with van der Waals surface area (Å²) < 4.78 is 18.2. The van der Waals surface area contributed by atoms with E-state index in [2.05, 4.69) is 9.89 Å². The predicted molar refractivity (Wildman–Crippen MR) is 65.6 cm³/mol. The molecular weight excluding hydrogens is 221 g/mol. The third-order valence-electron chi connectivity index (χ3n) is 2.72. The zero-order valence-corrected chi connectivity index (χ0v) is 9.77. The lowest BCUT2D eigenvalue weighted by molar-refractivity contribution is 0.313. The normalized spacial score (nSPS) is 18.7. The molecule has 0 saturated carbocycles. The van der Waals surface area contributed by atoms with Crippen LogP contribution >= 0.6 is 0 Å². The van der Waals surface area contributed by atoms with Gasteiger partial charge in [0.15, 0.2) is 0 Å². The van der Waals surface area contributed by atoms with Crippen LogP contribution in [-0.4, -0.2) is 31.8 Å². The number of aliphatic imine (C=N–C) groups is 1. The van der Waals surface area contributed by atoms with Gasteiger partial charge in [-0.15, -0.1) is 0 Å². The maximum absolute atomic E-state index is 13.1. The summed E-state index contributed by atoms with van der Waals surface area (Å²) in [5, 5.41) is 0. The smallest absolute Gasteiger partial charge is 0.282 e. The van der Waals surface area contributed by atoms with Gasteiger partial charge in [0.25, 0.3) is 6.02 Å². The molecule has 1 unspecified atom stereocenters. The monoisotopic (exact) mass is 237 g/mol. The SMILES string of the molecule is CCN(CC1COC(N)=N1)c1cccc(F)c1. The molecule has 0 radical (unpaired) electrons. The number of rotatable bonds is 4. The molecular formula is C12H16FN3O. The maximum atomic E-state index is 13.1. The van der Waals surface area contributed by atoms with Crippen molar-refractivity contribution in [3.8, 4) is 0 Å². The van der Waals surface area contributed by atoms with Gasteiger partial charge in [0, 0.05) is 18.8 Å². The molecule has 0 fully saturated rings. The van der Waals surface area contributed by atoms with E-state index in [-0.39, 0.29) is 17.9 Å². The number of nitrogens with two attached hydrogens (primary N) is 1. The Kier molecular flexibility index (Phi) is 3.46. The Morgan fingerprint density at radius 2 is 2.41 bits per heavy atom. The van der Waals surface area contributed by atoms with Crippen molar-refractivity contribution in [2.75, 3.05) is 24.6 Å². The molecule has 0 bridgehead atoms. The van der Waals surface area contributed by atoms with E-state index in [1.165, 1.54) is 12.1 Å². The first-order valence-corrected chi connectivity index (χ1v) is 5.65. The highest BCUT2D eigenvalue weighted by atomic mass is 19.1. The van der Waals surface area contributed by atoms with Crippen molar-refractivity contribution < 1.29 is 9.13 Å². The van der Waals surface area contributed by atoms with Crippen LogP contribution in [0.4, 0.5) is 10.1 Å². The van der Waals surface area contributed by atoms with Gasteiger partial charge in [-0.2, -0.15) is 0 Å². The Hall–Kier alpha value is -1.78. The molecule has 1 aromatic carbocycles. The number of ether oxygens (including phenoxy) is 1. The molecule has 1 aliphatic heterocycles. The van der Waals surface area contributed by atoms with Crippen molar-refractivity contribution in [2.24, 2.45) is 10.7 Å². The van der Waals surface area contributed by atoms with E-state index < -0.39 is 0 Å². The van der Waals surface area contributed by atoms with Gasteiger partial charge in [-0.05, 0) is 25.1 Å². The van der Waals surface area contributed by atoms with Crippen LogP contribution in [-0.2, 0) is 4.74 Å². The number of halogens is 1.